The third-order valence-electron chi connectivity index (χ3n) is 10.2. The van der Waals surface area contributed by atoms with Crippen LogP contribution in [-0.2, 0) is 0 Å². The SMILES string of the molecule is c1ccc(-c2ccc(-c3cccc(N(c4cccc(-c5ccc6ccccc6c5)c4)c4ccc5c(c4)oc4c6ccccc6ccc54)c3)cc2)cc1. The Morgan fingerprint density at radius 2 is 0.808 bits per heavy atom. The molecular formula is C50H33NO. The van der Waals surface area contributed by atoms with Crippen LogP contribution in [0.4, 0.5) is 17.1 Å². The second kappa shape index (κ2) is 12.5. The summed E-state index contributed by atoms with van der Waals surface area (Å²) >= 11 is 0. The van der Waals surface area contributed by atoms with Crippen LogP contribution in [0.15, 0.2) is 205 Å². The molecule has 0 N–H and O–H groups in total. The molecule has 1 aromatic heterocycles. The van der Waals surface area contributed by atoms with Crippen LogP contribution in [0, 0.1) is 0 Å². The van der Waals surface area contributed by atoms with Crippen molar-refractivity contribution in [1.29, 1.82) is 0 Å². The van der Waals surface area contributed by atoms with E-state index in [0.29, 0.717) is 0 Å². The zero-order valence-corrected chi connectivity index (χ0v) is 28.4. The van der Waals surface area contributed by atoms with Gasteiger partial charge in [-0.3, -0.25) is 0 Å². The fourth-order valence-electron chi connectivity index (χ4n) is 7.58. The van der Waals surface area contributed by atoms with Gasteiger partial charge in [0.15, 0.2) is 0 Å². The highest BCUT2D eigenvalue weighted by molar-refractivity contribution is 6.15. The summed E-state index contributed by atoms with van der Waals surface area (Å²) in [6.07, 6.45) is 0. The van der Waals surface area contributed by atoms with Gasteiger partial charge in [0.25, 0.3) is 0 Å². The van der Waals surface area contributed by atoms with Gasteiger partial charge in [0.1, 0.15) is 11.2 Å². The van der Waals surface area contributed by atoms with E-state index in [9.17, 15) is 0 Å². The average molecular weight is 664 g/mol. The molecule has 10 aromatic rings. The van der Waals surface area contributed by atoms with Crippen LogP contribution in [0.2, 0.25) is 0 Å². The molecule has 244 valence electrons. The van der Waals surface area contributed by atoms with Crippen molar-refractivity contribution in [2.75, 3.05) is 4.90 Å². The minimum Gasteiger partial charge on any atom is -0.455 e. The first-order chi connectivity index (χ1) is 25.7. The maximum absolute atomic E-state index is 6.68. The summed E-state index contributed by atoms with van der Waals surface area (Å²) < 4.78 is 6.68. The third-order valence-corrected chi connectivity index (χ3v) is 10.2. The number of nitrogens with zero attached hydrogens (tertiary/aromatic N) is 1. The van der Waals surface area contributed by atoms with E-state index < -0.39 is 0 Å². The fourth-order valence-corrected chi connectivity index (χ4v) is 7.58. The third kappa shape index (κ3) is 5.30. The highest BCUT2D eigenvalue weighted by Gasteiger charge is 2.18. The summed E-state index contributed by atoms with van der Waals surface area (Å²) in [4.78, 5) is 2.34. The summed E-state index contributed by atoms with van der Waals surface area (Å²) in [5.41, 5.74) is 12.1. The van der Waals surface area contributed by atoms with Crippen molar-refractivity contribution in [3.8, 4) is 33.4 Å². The van der Waals surface area contributed by atoms with Crippen LogP contribution in [0.1, 0.15) is 0 Å². The van der Waals surface area contributed by atoms with Gasteiger partial charge < -0.3 is 9.32 Å². The minimum atomic E-state index is 0.868. The van der Waals surface area contributed by atoms with Crippen molar-refractivity contribution in [3.63, 3.8) is 0 Å². The number of benzene rings is 9. The largest absolute Gasteiger partial charge is 0.455 e. The van der Waals surface area contributed by atoms with E-state index >= 15 is 0 Å². The molecule has 10 rings (SSSR count). The molecule has 0 saturated carbocycles. The van der Waals surface area contributed by atoms with Gasteiger partial charge in [-0.2, -0.15) is 0 Å². The molecule has 9 aromatic carbocycles. The van der Waals surface area contributed by atoms with Crippen LogP contribution in [-0.4, -0.2) is 0 Å². The van der Waals surface area contributed by atoms with Crippen molar-refractivity contribution in [3.05, 3.63) is 200 Å². The number of hydrogen-bond donors (Lipinski definition) is 0. The maximum Gasteiger partial charge on any atom is 0.143 e. The first kappa shape index (κ1) is 30.0. The van der Waals surface area contributed by atoms with Crippen molar-refractivity contribution >= 4 is 60.5 Å². The van der Waals surface area contributed by atoms with E-state index in [-0.39, 0.29) is 0 Å². The summed E-state index contributed by atoms with van der Waals surface area (Å²) in [6, 6.07) is 71.7. The number of hydrogen-bond acceptors (Lipinski definition) is 2. The summed E-state index contributed by atoms with van der Waals surface area (Å²) in [6.45, 7) is 0. The van der Waals surface area contributed by atoms with Crippen LogP contribution in [0.3, 0.4) is 0 Å². The fraction of sp³-hybridized carbons (Fsp3) is 0. The van der Waals surface area contributed by atoms with E-state index in [0.717, 1.165) is 55.5 Å². The monoisotopic (exact) mass is 663 g/mol. The Hall–Kier alpha value is -6.90. The van der Waals surface area contributed by atoms with Crippen molar-refractivity contribution in [2.45, 2.75) is 0 Å². The molecule has 0 saturated heterocycles. The van der Waals surface area contributed by atoms with Gasteiger partial charge in [-0.05, 0) is 98.1 Å². The second-order valence-electron chi connectivity index (χ2n) is 13.4. The van der Waals surface area contributed by atoms with Gasteiger partial charge in [-0.25, -0.2) is 0 Å². The molecule has 0 atom stereocenters. The van der Waals surface area contributed by atoms with E-state index in [1.807, 2.05) is 0 Å². The van der Waals surface area contributed by atoms with Gasteiger partial charge in [0.2, 0.25) is 0 Å². The number of furan rings is 1. The number of rotatable bonds is 6. The smallest absolute Gasteiger partial charge is 0.143 e. The Morgan fingerprint density at radius 1 is 0.288 bits per heavy atom. The zero-order valence-electron chi connectivity index (χ0n) is 28.4. The molecule has 0 unspecified atom stereocenters. The lowest BCUT2D eigenvalue weighted by Gasteiger charge is -2.26. The predicted octanol–water partition coefficient (Wildman–Crippen LogP) is 14.4. The van der Waals surface area contributed by atoms with Gasteiger partial charge in [0.05, 0.1) is 0 Å². The van der Waals surface area contributed by atoms with Crippen LogP contribution in [0.5, 0.6) is 0 Å². The molecule has 0 aliphatic rings. The Morgan fingerprint density at radius 3 is 1.58 bits per heavy atom. The molecule has 0 spiro atoms. The molecule has 1 heterocycles. The van der Waals surface area contributed by atoms with Crippen molar-refractivity contribution in [1.82, 2.24) is 0 Å². The molecule has 0 aliphatic heterocycles. The van der Waals surface area contributed by atoms with Crippen LogP contribution < -0.4 is 4.90 Å². The molecule has 0 radical (unpaired) electrons. The molecule has 0 amide bonds. The Balaban J connectivity index is 1.11. The molecule has 0 fully saturated rings. The predicted molar refractivity (Wildman–Crippen MR) is 220 cm³/mol. The minimum absolute atomic E-state index is 0.868. The summed E-state index contributed by atoms with van der Waals surface area (Å²) in [5, 5.41) is 7.02. The van der Waals surface area contributed by atoms with Crippen molar-refractivity contribution < 1.29 is 4.42 Å². The first-order valence-electron chi connectivity index (χ1n) is 17.7. The highest BCUT2D eigenvalue weighted by atomic mass is 16.3. The quantitative estimate of drug-likeness (QED) is 0.176. The van der Waals surface area contributed by atoms with Gasteiger partial charge in [-0.1, -0.05) is 146 Å². The van der Waals surface area contributed by atoms with Crippen LogP contribution in [0.25, 0.3) is 76.9 Å². The van der Waals surface area contributed by atoms with E-state index in [1.54, 1.807) is 0 Å². The molecule has 2 nitrogen and oxygen atoms in total. The molecule has 52 heavy (non-hydrogen) atoms. The van der Waals surface area contributed by atoms with Gasteiger partial charge in [-0.15, -0.1) is 0 Å². The van der Waals surface area contributed by atoms with E-state index in [1.165, 1.54) is 38.4 Å². The van der Waals surface area contributed by atoms with Gasteiger partial charge >= 0.3 is 0 Å². The lowest BCUT2D eigenvalue weighted by atomic mass is 9.99. The Labute approximate surface area is 302 Å². The molecule has 2 heteroatoms. The highest BCUT2D eigenvalue weighted by Crippen LogP contribution is 2.42. The topological polar surface area (TPSA) is 16.4 Å². The Kier molecular flexibility index (Phi) is 7.18. The summed E-state index contributed by atoms with van der Waals surface area (Å²) in [5.74, 6) is 0. The zero-order chi connectivity index (χ0) is 34.4. The second-order valence-corrected chi connectivity index (χ2v) is 13.4. The molecular weight excluding hydrogens is 631 g/mol. The van der Waals surface area contributed by atoms with Crippen molar-refractivity contribution in [2.24, 2.45) is 0 Å². The van der Waals surface area contributed by atoms with Crippen LogP contribution >= 0.6 is 0 Å². The lowest BCUT2D eigenvalue weighted by molar-refractivity contribution is 0.672. The number of anilines is 3. The average Bonchev–Trinajstić information content (AvgIpc) is 3.60. The van der Waals surface area contributed by atoms with E-state index in [2.05, 4.69) is 205 Å². The lowest BCUT2D eigenvalue weighted by Crippen LogP contribution is -2.10. The molecule has 0 bridgehead atoms. The maximum atomic E-state index is 6.68. The normalized spacial score (nSPS) is 11.5. The number of fused-ring (bicyclic) bond motifs is 6. The van der Waals surface area contributed by atoms with E-state index in [4.69, 9.17) is 4.42 Å². The summed E-state index contributed by atoms with van der Waals surface area (Å²) in [7, 11) is 0. The van der Waals surface area contributed by atoms with Gasteiger partial charge in [0, 0.05) is 39.3 Å². The standard InChI is InChI=1S/C50H33NO/c1-2-10-34(11-3-1)36-20-22-37(23-21-36)40-15-8-17-43(31-40)51(44-18-9-16-41(32-44)42-25-24-35-12-4-5-14-39(35)30-42)45-27-29-47-48-28-26-38-13-6-7-19-46(38)50(48)52-49(47)33-45/h1-33H. The Bertz CT molecular complexity index is 2900. The first-order valence-corrected chi connectivity index (χ1v) is 17.7. The molecule has 0 aliphatic carbocycles.